The van der Waals surface area contributed by atoms with Crippen molar-refractivity contribution in [1.82, 2.24) is 0 Å². The molecular weight excluding hydrogens is 155 g/mol. The van der Waals surface area contributed by atoms with Crippen LogP contribution in [0, 0.1) is 0 Å². The number of hydrogen-bond donors (Lipinski definition) is 0. The summed E-state index contributed by atoms with van der Waals surface area (Å²) in [5.74, 6) is 0. The molecule has 0 aromatic carbocycles. The molecule has 0 fully saturated rings. The van der Waals surface area contributed by atoms with Crippen molar-refractivity contribution in [3.05, 3.63) is 0 Å². The minimum atomic E-state index is -1.60. The van der Waals surface area contributed by atoms with Gasteiger partial charge in [0.25, 0.3) is 0 Å². The SMILES string of the molecule is CC(C)[SiH]([O-])C(C)C.[K+]. The van der Waals surface area contributed by atoms with Gasteiger partial charge < -0.3 is 4.80 Å². The van der Waals surface area contributed by atoms with Crippen LogP contribution in [0.3, 0.4) is 0 Å². The van der Waals surface area contributed by atoms with Gasteiger partial charge in [-0.3, -0.25) is 0 Å². The molecule has 9 heavy (non-hydrogen) atoms. The number of rotatable bonds is 2. The summed E-state index contributed by atoms with van der Waals surface area (Å²) in [6.45, 7) is 8.13. The van der Waals surface area contributed by atoms with Crippen molar-refractivity contribution in [1.29, 1.82) is 0 Å². The van der Waals surface area contributed by atoms with Crippen LogP contribution in [-0.2, 0) is 0 Å². The van der Waals surface area contributed by atoms with E-state index in [1.807, 2.05) is 27.7 Å². The summed E-state index contributed by atoms with van der Waals surface area (Å²) in [5.41, 5.74) is 0.852. The second kappa shape index (κ2) is 6.52. The molecule has 1 nitrogen and oxygen atoms in total. The third-order valence-corrected chi connectivity index (χ3v) is 3.94. The summed E-state index contributed by atoms with van der Waals surface area (Å²) in [4.78, 5) is 11.1. The molecule has 0 aliphatic rings. The van der Waals surface area contributed by atoms with Crippen molar-refractivity contribution in [2.75, 3.05) is 0 Å². The average molecular weight is 170 g/mol. The Balaban J connectivity index is 0. The third-order valence-electron chi connectivity index (χ3n) is 1.31. The van der Waals surface area contributed by atoms with E-state index in [2.05, 4.69) is 0 Å². The molecule has 0 amide bonds. The Labute approximate surface area is 102 Å². The summed E-state index contributed by atoms with van der Waals surface area (Å²) < 4.78 is 0. The number of hydrogen-bond acceptors (Lipinski definition) is 1. The molecule has 0 unspecified atom stereocenters. The molecule has 0 saturated heterocycles. The summed E-state index contributed by atoms with van der Waals surface area (Å²) in [5, 5.41) is 0. The topological polar surface area (TPSA) is 23.1 Å². The predicted molar refractivity (Wildman–Crippen MR) is 37.3 cm³/mol. The summed E-state index contributed by atoms with van der Waals surface area (Å²) in [6, 6.07) is 0. The van der Waals surface area contributed by atoms with Gasteiger partial charge in [0.2, 0.25) is 0 Å². The van der Waals surface area contributed by atoms with Crippen LogP contribution in [0.1, 0.15) is 27.7 Å². The van der Waals surface area contributed by atoms with E-state index in [1.165, 1.54) is 0 Å². The first-order valence-electron chi connectivity index (χ1n) is 3.21. The minimum Gasteiger partial charge on any atom is -0.860 e. The Bertz CT molecular complexity index is 58.1. The van der Waals surface area contributed by atoms with Gasteiger partial charge >= 0.3 is 51.4 Å². The van der Waals surface area contributed by atoms with E-state index in [4.69, 9.17) is 0 Å². The fourth-order valence-electron chi connectivity index (χ4n) is 0.770. The summed E-state index contributed by atoms with van der Waals surface area (Å²) >= 11 is 0. The molecule has 0 saturated carbocycles. The van der Waals surface area contributed by atoms with E-state index in [0.717, 1.165) is 0 Å². The molecule has 0 spiro atoms. The fourth-order valence-corrected chi connectivity index (χ4v) is 2.31. The van der Waals surface area contributed by atoms with Gasteiger partial charge in [-0.25, -0.2) is 0 Å². The van der Waals surface area contributed by atoms with Crippen molar-refractivity contribution < 1.29 is 56.2 Å². The van der Waals surface area contributed by atoms with Gasteiger partial charge in [0.1, 0.15) is 0 Å². The molecule has 0 atom stereocenters. The minimum absolute atomic E-state index is 0. The van der Waals surface area contributed by atoms with Crippen LogP contribution >= 0.6 is 0 Å². The van der Waals surface area contributed by atoms with E-state index < -0.39 is 9.04 Å². The molecule has 0 heterocycles. The van der Waals surface area contributed by atoms with E-state index in [1.54, 1.807) is 0 Å². The van der Waals surface area contributed by atoms with Crippen molar-refractivity contribution in [2.45, 2.75) is 38.8 Å². The summed E-state index contributed by atoms with van der Waals surface area (Å²) in [6.07, 6.45) is 0. The zero-order chi connectivity index (χ0) is 6.73. The van der Waals surface area contributed by atoms with Crippen molar-refractivity contribution in [2.24, 2.45) is 0 Å². The zero-order valence-electron chi connectivity index (χ0n) is 7.14. The van der Waals surface area contributed by atoms with Gasteiger partial charge in [0.15, 0.2) is 0 Å². The Kier molecular flexibility index (Phi) is 9.71. The molecule has 0 aromatic rings. The van der Waals surface area contributed by atoms with Gasteiger partial charge in [0, 0.05) is 0 Å². The van der Waals surface area contributed by atoms with Crippen molar-refractivity contribution in [3.63, 3.8) is 0 Å². The molecule has 0 N–H and O–H groups in total. The van der Waals surface area contributed by atoms with Crippen LogP contribution in [0.25, 0.3) is 0 Å². The van der Waals surface area contributed by atoms with Crippen LogP contribution in [0.4, 0.5) is 0 Å². The van der Waals surface area contributed by atoms with Crippen LogP contribution < -0.4 is 56.2 Å². The maximum atomic E-state index is 11.1. The first-order valence-corrected chi connectivity index (χ1v) is 5.02. The molecule has 0 aliphatic carbocycles. The molecule has 0 radical (unpaired) electrons. The van der Waals surface area contributed by atoms with E-state index in [0.29, 0.717) is 11.1 Å². The Hall–Kier alpha value is 1.81. The Morgan fingerprint density at radius 2 is 1.22 bits per heavy atom. The first-order chi connectivity index (χ1) is 3.55. The fraction of sp³-hybridized carbons (Fsp3) is 1.00. The molecule has 0 aliphatic heterocycles. The quantitative estimate of drug-likeness (QED) is 0.435. The zero-order valence-corrected chi connectivity index (χ0v) is 11.4. The average Bonchev–Trinajstić information content (AvgIpc) is 1.64. The normalized spacial score (nSPS) is 10.7. The standard InChI is InChI=1S/C6H15OSi.K/c1-5(2)8(7)6(3)4;/h5-6,8H,1-4H3;/q-1;+1. The van der Waals surface area contributed by atoms with Crippen LogP contribution in [0.2, 0.25) is 11.1 Å². The Morgan fingerprint density at radius 1 is 1.00 bits per heavy atom. The van der Waals surface area contributed by atoms with Gasteiger partial charge in [0.05, 0.1) is 0 Å². The Morgan fingerprint density at radius 3 is 1.22 bits per heavy atom. The van der Waals surface area contributed by atoms with Crippen molar-refractivity contribution in [3.8, 4) is 0 Å². The second-order valence-corrected chi connectivity index (χ2v) is 6.55. The smallest absolute Gasteiger partial charge is 0.860 e. The van der Waals surface area contributed by atoms with Crippen LogP contribution in [0.5, 0.6) is 0 Å². The maximum Gasteiger partial charge on any atom is 1.00 e. The molecule has 0 aromatic heterocycles. The van der Waals surface area contributed by atoms with E-state index in [9.17, 15) is 4.80 Å². The van der Waals surface area contributed by atoms with Crippen LogP contribution in [-0.4, -0.2) is 9.04 Å². The first kappa shape index (κ1) is 13.4. The van der Waals surface area contributed by atoms with Crippen molar-refractivity contribution >= 4 is 9.04 Å². The predicted octanol–water partition coefficient (Wildman–Crippen LogP) is -2.11. The van der Waals surface area contributed by atoms with E-state index in [-0.39, 0.29) is 51.4 Å². The molecule has 0 rings (SSSR count). The molecular formula is C6H15KOSi. The van der Waals surface area contributed by atoms with Crippen LogP contribution in [0.15, 0.2) is 0 Å². The summed E-state index contributed by atoms with van der Waals surface area (Å²) in [7, 11) is -1.60. The van der Waals surface area contributed by atoms with Gasteiger partial charge in [-0.1, -0.05) is 47.8 Å². The maximum absolute atomic E-state index is 11.1. The molecule has 3 heteroatoms. The molecule has 0 bridgehead atoms. The largest absolute Gasteiger partial charge is 1.00 e. The van der Waals surface area contributed by atoms with E-state index >= 15 is 0 Å². The van der Waals surface area contributed by atoms with Gasteiger partial charge in [-0.05, 0) is 0 Å². The van der Waals surface area contributed by atoms with Gasteiger partial charge in [-0.15, -0.1) is 0 Å². The molecule has 50 valence electrons. The third kappa shape index (κ3) is 6.22. The second-order valence-electron chi connectivity index (χ2n) is 2.95. The monoisotopic (exact) mass is 170 g/mol. The van der Waals surface area contributed by atoms with Gasteiger partial charge in [-0.2, -0.15) is 0 Å².